The third kappa shape index (κ3) is 3.68. The van der Waals surface area contributed by atoms with Crippen molar-refractivity contribution >= 4 is 5.91 Å². The third-order valence-corrected chi connectivity index (χ3v) is 3.96. The van der Waals surface area contributed by atoms with Gasteiger partial charge in [-0.25, -0.2) is 0 Å². The molecule has 2 fully saturated rings. The molecule has 0 aliphatic carbocycles. The van der Waals surface area contributed by atoms with Crippen molar-refractivity contribution < 1.29 is 9.53 Å². The van der Waals surface area contributed by atoms with Gasteiger partial charge in [0.1, 0.15) is 0 Å². The van der Waals surface area contributed by atoms with Gasteiger partial charge in [0.15, 0.2) is 0 Å². The number of ether oxygens (including phenoxy) is 1. The van der Waals surface area contributed by atoms with Crippen LogP contribution in [0, 0.1) is 11.8 Å². The lowest BCUT2D eigenvalue weighted by Gasteiger charge is -2.31. The molecule has 3 unspecified atom stereocenters. The lowest BCUT2D eigenvalue weighted by atomic mass is 9.92. The van der Waals surface area contributed by atoms with Gasteiger partial charge in [0.05, 0.1) is 12.5 Å². The summed E-state index contributed by atoms with van der Waals surface area (Å²) in [7, 11) is 0. The van der Waals surface area contributed by atoms with Crippen molar-refractivity contribution in [3.8, 4) is 0 Å². The second-order valence-electron chi connectivity index (χ2n) is 5.34. The monoisotopic (exact) mass is 240 g/mol. The molecule has 2 aliphatic heterocycles. The molecule has 0 spiro atoms. The molecule has 2 saturated heterocycles. The SMILES string of the molecule is CC1CCCNC1CNC(=O)C1CCCOC1. The van der Waals surface area contributed by atoms with Crippen molar-refractivity contribution in [2.75, 3.05) is 26.3 Å². The van der Waals surface area contributed by atoms with Crippen LogP contribution in [0.25, 0.3) is 0 Å². The average Bonchev–Trinajstić information content (AvgIpc) is 2.38. The lowest BCUT2D eigenvalue weighted by Crippen LogP contribution is -2.49. The number of amides is 1. The van der Waals surface area contributed by atoms with Crippen molar-refractivity contribution in [3.63, 3.8) is 0 Å². The second-order valence-corrected chi connectivity index (χ2v) is 5.34. The second kappa shape index (κ2) is 6.36. The smallest absolute Gasteiger partial charge is 0.225 e. The molecule has 2 aliphatic rings. The summed E-state index contributed by atoms with van der Waals surface area (Å²) in [4.78, 5) is 11.9. The Morgan fingerprint density at radius 1 is 1.41 bits per heavy atom. The minimum Gasteiger partial charge on any atom is -0.381 e. The van der Waals surface area contributed by atoms with Gasteiger partial charge in [-0.2, -0.15) is 0 Å². The Balaban J connectivity index is 1.71. The van der Waals surface area contributed by atoms with E-state index in [0.717, 1.165) is 32.5 Å². The first kappa shape index (κ1) is 12.8. The molecular weight excluding hydrogens is 216 g/mol. The maximum absolute atomic E-state index is 11.9. The Labute approximate surface area is 103 Å². The first-order valence-electron chi connectivity index (χ1n) is 6.86. The van der Waals surface area contributed by atoms with Crippen LogP contribution in [0.2, 0.25) is 0 Å². The Morgan fingerprint density at radius 3 is 3.00 bits per heavy atom. The van der Waals surface area contributed by atoms with Gasteiger partial charge < -0.3 is 15.4 Å². The Morgan fingerprint density at radius 2 is 2.29 bits per heavy atom. The number of carbonyl (C=O) groups is 1. The molecule has 0 saturated carbocycles. The van der Waals surface area contributed by atoms with Crippen LogP contribution in [0.4, 0.5) is 0 Å². The van der Waals surface area contributed by atoms with E-state index in [1.807, 2.05) is 0 Å². The Bertz CT molecular complexity index is 252. The Hall–Kier alpha value is -0.610. The molecule has 0 aromatic rings. The van der Waals surface area contributed by atoms with Crippen molar-refractivity contribution in [2.24, 2.45) is 11.8 Å². The summed E-state index contributed by atoms with van der Waals surface area (Å²) in [5.74, 6) is 0.901. The molecule has 17 heavy (non-hydrogen) atoms. The summed E-state index contributed by atoms with van der Waals surface area (Å²) in [6.07, 6.45) is 4.50. The van der Waals surface area contributed by atoms with Gasteiger partial charge in [-0.3, -0.25) is 4.79 Å². The average molecular weight is 240 g/mol. The molecule has 4 heteroatoms. The van der Waals surface area contributed by atoms with Gasteiger partial charge >= 0.3 is 0 Å². The maximum atomic E-state index is 11.9. The van der Waals surface area contributed by atoms with Crippen LogP contribution in [0.5, 0.6) is 0 Å². The van der Waals surface area contributed by atoms with E-state index in [-0.39, 0.29) is 11.8 Å². The van der Waals surface area contributed by atoms with Gasteiger partial charge in [0, 0.05) is 19.2 Å². The minimum atomic E-state index is 0.0719. The topological polar surface area (TPSA) is 50.4 Å². The van der Waals surface area contributed by atoms with Crippen LogP contribution < -0.4 is 10.6 Å². The van der Waals surface area contributed by atoms with Gasteiger partial charge in [-0.15, -0.1) is 0 Å². The van der Waals surface area contributed by atoms with Gasteiger partial charge in [0.25, 0.3) is 0 Å². The molecule has 1 amide bonds. The molecule has 0 radical (unpaired) electrons. The molecule has 0 aromatic heterocycles. The quantitative estimate of drug-likeness (QED) is 0.771. The van der Waals surface area contributed by atoms with Gasteiger partial charge in [-0.1, -0.05) is 6.92 Å². The van der Waals surface area contributed by atoms with Gasteiger partial charge in [0.2, 0.25) is 5.91 Å². The van der Waals surface area contributed by atoms with Crippen LogP contribution in [0.15, 0.2) is 0 Å². The maximum Gasteiger partial charge on any atom is 0.225 e. The van der Waals surface area contributed by atoms with Crippen LogP contribution >= 0.6 is 0 Å². The highest BCUT2D eigenvalue weighted by Gasteiger charge is 2.24. The summed E-state index contributed by atoms with van der Waals surface area (Å²) >= 11 is 0. The molecule has 4 nitrogen and oxygen atoms in total. The molecule has 0 bridgehead atoms. The van der Waals surface area contributed by atoms with E-state index in [4.69, 9.17) is 4.74 Å². The fraction of sp³-hybridized carbons (Fsp3) is 0.923. The number of piperidine rings is 1. The zero-order valence-corrected chi connectivity index (χ0v) is 10.7. The van der Waals surface area contributed by atoms with Crippen LogP contribution in [0.3, 0.4) is 0 Å². The highest BCUT2D eigenvalue weighted by atomic mass is 16.5. The summed E-state index contributed by atoms with van der Waals surface area (Å²) in [5.41, 5.74) is 0. The normalized spacial score (nSPS) is 34.3. The molecule has 2 rings (SSSR count). The van der Waals surface area contributed by atoms with Crippen molar-refractivity contribution in [3.05, 3.63) is 0 Å². The summed E-state index contributed by atoms with van der Waals surface area (Å²) in [6, 6.07) is 0.442. The van der Waals surface area contributed by atoms with E-state index < -0.39 is 0 Å². The summed E-state index contributed by atoms with van der Waals surface area (Å²) in [5, 5.41) is 6.55. The predicted molar refractivity (Wildman–Crippen MR) is 66.7 cm³/mol. The molecule has 98 valence electrons. The van der Waals surface area contributed by atoms with E-state index >= 15 is 0 Å². The van der Waals surface area contributed by atoms with E-state index in [0.29, 0.717) is 18.6 Å². The van der Waals surface area contributed by atoms with E-state index in [1.54, 1.807) is 0 Å². The number of carbonyl (C=O) groups excluding carboxylic acids is 1. The Kier molecular flexibility index (Phi) is 4.80. The highest BCUT2D eigenvalue weighted by Crippen LogP contribution is 2.16. The van der Waals surface area contributed by atoms with Crippen molar-refractivity contribution in [1.29, 1.82) is 0 Å². The largest absolute Gasteiger partial charge is 0.381 e. The lowest BCUT2D eigenvalue weighted by molar-refractivity contribution is -0.129. The number of rotatable bonds is 3. The fourth-order valence-electron chi connectivity index (χ4n) is 2.69. The van der Waals surface area contributed by atoms with Crippen LogP contribution in [-0.2, 0) is 9.53 Å². The number of nitrogens with one attached hydrogen (secondary N) is 2. The van der Waals surface area contributed by atoms with E-state index in [2.05, 4.69) is 17.6 Å². The van der Waals surface area contributed by atoms with Crippen LogP contribution in [0.1, 0.15) is 32.6 Å². The molecule has 2 heterocycles. The summed E-state index contributed by atoms with van der Waals surface area (Å²) < 4.78 is 5.34. The number of hydrogen-bond donors (Lipinski definition) is 2. The van der Waals surface area contributed by atoms with E-state index in [9.17, 15) is 4.79 Å². The number of hydrogen-bond acceptors (Lipinski definition) is 3. The van der Waals surface area contributed by atoms with Crippen molar-refractivity contribution in [2.45, 2.75) is 38.6 Å². The summed E-state index contributed by atoms with van der Waals surface area (Å²) in [6.45, 7) is 5.51. The van der Waals surface area contributed by atoms with Crippen LogP contribution in [-0.4, -0.2) is 38.3 Å². The predicted octanol–water partition coefficient (Wildman–Crippen LogP) is 0.917. The minimum absolute atomic E-state index is 0.0719. The third-order valence-electron chi connectivity index (χ3n) is 3.96. The standard InChI is InChI=1S/C13H24N2O2/c1-10-4-2-6-14-12(10)8-15-13(16)11-5-3-7-17-9-11/h10-12,14H,2-9H2,1H3,(H,15,16). The van der Waals surface area contributed by atoms with Crippen molar-refractivity contribution in [1.82, 2.24) is 10.6 Å². The van der Waals surface area contributed by atoms with Gasteiger partial charge in [-0.05, 0) is 38.1 Å². The highest BCUT2D eigenvalue weighted by molar-refractivity contribution is 5.78. The first-order valence-corrected chi connectivity index (χ1v) is 6.86. The molecule has 2 N–H and O–H groups in total. The zero-order valence-electron chi connectivity index (χ0n) is 10.7. The molecular formula is C13H24N2O2. The molecule has 0 aromatic carbocycles. The zero-order chi connectivity index (χ0) is 12.1. The first-order chi connectivity index (χ1) is 8.27. The molecule has 3 atom stereocenters. The fourth-order valence-corrected chi connectivity index (χ4v) is 2.69. The van der Waals surface area contributed by atoms with E-state index in [1.165, 1.54) is 12.8 Å².